The number of likely N-dealkylation sites (N-methyl/N-ethyl adjacent to an activating group) is 1. The lowest BCUT2D eigenvalue weighted by molar-refractivity contribution is -0.384. The van der Waals surface area contributed by atoms with Crippen LogP contribution in [0.3, 0.4) is 0 Å². The smallest absolute Gasteiger partial charge is 0.269 e. The average Bonchev–Trinajstić information content (AvgIpc) is 3.16. The summed E-state index contributed by atoms with van der Waals surface area (Å²) in [5.74, 6) is 0.289. The van der Waals surface area contributed by atoms with Crippen LogP contribution in [0.1, 0.15) is 11.3 Å². The van der Waals surface area contributed by atoms with Crippen molar-refractivity contribution in [2.24, 2.45) is 0 Å². The van der Waals surface area contributed by atoms with E-state index in [0.29, 0.717) is 22.0 Å². The maximum atomic E-state index is 12.4. The van der Waals surface area contributed by atoms with Crippen LogP contribution in [0.5, 0.6) is 0 Å². The van der Waals surface area contributed by atoms with Gasteiger partial charge in [0, 0.05) is 19.2 Å². The molecular formula is C16H12N2O5S. The summed E-state index contributed by atoms with van der Waals surface area (Å²) in [6.45, 7) is 0. The highest BCUT2D eigenvalue weighted by atomic mass is 32.2. The summed E-state index contributed by atoms with van der Waals surface area (Å²) in [5.41, 5.74) is 0.661. The lowest BCUT2D eigenvalue weighted by Crippen LogP contribution is -2.26. The Balaban J connectivity index is 1.96. The number of furan rings is 1. The lowest BCUT2D eigenvalue weighted by atomic mass is 10.1. The Bertz CT molecular complexity index is 840. The molecule has 0 fully saturated rings. The molecule has 0 atom stereocenters. The highest BCUT2D eigenvalue weighted by molar-refractivity contribution is 8.03. The number of nitro groups is 1. The van der Waals surface area contributed by atoms with Crippen molar-refractivity contribution in [2.45, 2.75) is 5.75 Å². The van der Waals surface area contributed by atoms with E-state index in [9.17, 15) is 19.7 Å². The number of rotatable bonds is 5. The molecular weight excluding hydrogens is 332 g/mol. The van der Waals surface area contributed by atoms with E-state index < -0.39 is 10.8 Å². The van der Waals surface area contributed by atoms with Crippen LogP contribution in [0.25, 0.3) is 5.57 Å². The summed E-state index contributed by atoms with van der Waals surface area (Å²) in [7, 11) is 1.41. The van der Waals surface area contributed by atoms with Crippen molar-refractivity contribution >= 4 is 34.8 Å². The van der Waals surface area contributed by atoms with E-state index in [2.05, 4.69) is 0 Å². The van der Waals surface area contributed by atoms with Gasteiger partial charge in [-0.1, -0.05) is 0 Å². The van der Waals surface area contributed by atoms with Crippen molar-refractivity contribution < 1.29 is 18.9 Å². The Kier molecular flexibility index (Phi) is 4.22. The molecule has 7 nitrogen and oxygen atoms in total. The van der Waals surface area contributed by atoms with E-state index in [1.54, 1.807) is 12.1 Å². The second-order valence-electron chi connectivity index (χ2n) is 5.05. The first-order chi connectivity index (χ1) is 11.5. The molecule has 0 N–H and O–H groups in total. The number of hydrogen-bond donors (Lipinski definition) is 0. The number of carbonyl (C=O) groups is 2. The van der Waals surface area contributed by atoms with Gasteiger partial charge < -0.3 is 4.42 Å². The topological polar surface area (TPSA) is 93.7 Å². The molecule has 1 aromatic carbocycles. The molecule has 0 radical (unpaired) electrons. The summed E-state index contributed by atoms with van der Waals surface area (Å²) in [6, 6.07) is 9.11. The first-order valence-corrected chi connectivity index (χ1v) is 7.94. The molecule has 1 aliphatic heterocycles. The molecule has 2 amide bonds. The Morgan fingerprint density at radius 3 is 2.46 bits per heavy atom. The molecule has 0 saturated carbocycles. The number of hydrogen-bond acceptors (Lipinski definition) is 6. The van der Waals surface area contributed by atoms with Gasteiger partial charge in [-0.05, 0) is 29.8 Å². The highest BCUT2D eigenvalue weighted by Crippen LogP contribution is 2.37. The Hall–Kier alpha value is -2.87. The van der Waals surface area contributed by atoms with Crippen molar-refractivity contribution in [2.75, 3.05) is 7.05 Å². The fourth-order valence-corrected chi connectivity index (χ4v) is 3.35. The standard InChI is InChI=1S/C16H12N2O5S/c1-17-15(19)13(10-4-6-11(7-5-10)18(21)22)14(16(17)20)24-9-12-3-2-8-23-12/h2-8H,9H2,1H3. The summed E-state index contributed by atoms with van der Waals surface area (Å²) in [6.07, 6.45) is 1.54. The molecule has 2 aromatic rings. The van der Waals surface area contributed by atoms with E-state index in [0.717, 1.165) is 4.90 Å². The van der Waals surface area contributed by atoms with E-state index in [1.165, 1.54) is 49.3 Å². The van der Waals surface area contributed by atoms with Gasteiger partial charge in [-0.25, -0.2) is 0 Å². The fraction of sp³-hybridized carbons (Fsp3) is 0.125. The molecule has 2 heterocycles. The van der Waals surface area contributed by atoms with Crippen LogP contribution < -0.4 is 0 Å². The minimum Gasteiger partial charge on any atom is -0.468 e. The van der Waals surface area contributed by atoms with Crippen LogP contribution in [-0.4, -0.2) is 28.7 Å². The summed E-state index contributed by atoms with van der Waals surface area (Å²) >= 11 is 1.21. The van der Waals surface area contributed by atoms with Crippen LogP contribution >= 0.6 is 11.8 Å². The van der Waals surface area contributed by atoms with Crippen molar-refractivity contribution in [1.29, 1.82) is 0 Å². The molecule has 1 aliphatic rings. The van der Waals surface area contributed by atoms with Crippen molar-refractivity contribution in [1.82, 2.24) is 4.90 Å². The van der Waals surface area contributed by atoms with Gasteiger partial charge in [0.05, 0.1) is 27.4 Å². The summed E-state index contributed by atoms with van der Waals surface area (Å²) in [5, 5.41) is 10.7. The maximum Gasteiger partial charge on any atom is 0.269 e. The molecule has 0 bridgehead atoms. The molecule has 3 rings (SSSR count). The molecule has 0 unspecified atom stereocenters. The van der Waals surface area contributed by atoms with Crippen LogP contribution in [0.4, 0.5) is 5.69 Å². The van der Waals surface area contributed by atoms with Crippen LogP contribution in [0.2, 0.25) is 0 Å². The predicted molar refractivity (Wildman–Crippen MR) is 87.8 cm³/mol. The molecule has 1 aromatic heterocycles. The van der Waals surface area contributed by atoms with Gasteiger partial charge >= 0.3 is 0 Å². The summed E-state index contributed by atoms with van der Waals surface area (Å²) in [4.78, 5) is 36.3. The van der Waals surface area contributed by atoms with E-state index in [-0.39, 0.29) is 17.2 Å². The number of carbonyl (C=O) groups excluding carboxylic acids is 2. The number of amides is 2. The SMILES string of the molecule is CN1C(=O)C(SCc2ccco2)=C(c2ccc([N+](=O)[O-])cc2)C1=O. The zero-order valence-electron chi connectivity index (χ0n) is 12.6. The van der Waals surface area contributed by atoms with Gasteiger partial charge in [0.15, 0.2) is 0 Å². The molecule has 122 valence electrons. The lowest BCUT2D eigenvalue weighted by Gasteiger charge is -2.06. The van der Waals surface area contributed by atoms with E-state index >= 15 is 0 Å². The Morgan fingerprint density at radius 2 is 1.88 bits per heavy atom. The third kappa shape index (κ3) is 2.83. The first-order valence-electron chi connectivity index (χ1n) is 6.95. The first kappa shape index (κ1) is 16.0. The van der Waals surface area contributed by atoms with E-state index in [4.69, 9.17) is 4.42 Å². The van der Waals surface area contributed by atoms with Gasteiger partial charge in [-0.2, -0.15) is 0 Å². The molecule has 24 heavy (non-hydrogen) atoms. The largest absolute Gasteiger partial charge is 0.468 e. The monoisotopic (exact) mass is 344 g/mol. The van der Waals surface area contributed by atoms with Gasteiger partial charge in [0.1, 0.15) is 5.76 Å². The second kappa shape index (κ2) is 6.32. The van der Waals surface area contributed by atoms with Crippen LogP contribution in [0, 0.1) is 10.1 Å². The number of non-ortho nitro benzene ring substituents is 1. The van der Waals surface area contributed by atoms with Gasteiger partial charge in [0.2, 0.25) is 0 Å². The molecule has 8 heteroatoms. The predicted octanol–water partition coefficient (Wildman–Crippen LogP) is 2.83. The normalized spacial score (nSPS) is 14.6. The minimum absolute atomic E-state index is 0.0748. The van der Waals surface area contributed by atoms with Crippen molar-refractivity contribution in [3.05, 3.63) is 69.0 Å². The molecule has 0 spiro atoms. The number of imide groups is 1. The average molecular weight is 344 g/mol. The van der Waals surface area contributed by atoms with Crippen molar-refractivity contribution in [3.63, 3.8) is 0 Å². The van der Waals surface area contributed by atoms with Gasteiger partial charge in [-0.3, -0.25) is 24.6 Å². The Labute approximate surface area is 141 Å². The molecule has 0 aliphatic carbocycles. The summed E-state index contributed by atoms with van der Waals surface area (Å²) < 4.78 is 5.24. The number of nitro benzene ring substituents is 1. The van der Waals surface area contributed by atoms with Gasteiger partial charge in [0.25, 0.3) is 17.5 Å². The number of benzene rings is 1. The maximum absolute atomic E-state index is 12.4. The van der Waals surface area contributed by atoms with Gasteiger partial charge in [-0.15, -0.1) is 11.8 Å². The fourth-order valence-electron chi connectivity index (χ4n) is 2.29. The second-order valence-corrected chi connectivity index (χ2v) is 6.03. The highest BCUT2D eigenvalue weighted by Gasteiger charge is 2.36. The zero-order chi connectivity index (χ0) is 17.3. The third-order valence-corrected chi connectivity index (χ3v) is 4.65. The molecule has 0 saturated heterocycles. The van der Waals surface area contributed by atoms with Crippen LogP contribution in [0.15, 0.2) is 52.0 Å². The Morgan fingerprint density at radius 1 is 1.17 bits per heavy atom. The zero-order valence-corrected chi connectivity index (χ0v) is 13.4. The van der Waals surface area contributed by atoms with Crippen LogP contribution in [-0.2, 0) is 15.3 Å². The number of nitrogens with zero attached hydrogens (tertiary/aromatic N) is 2. The van der Waals surface area contributed by atoms with Crippen molar-refractivity contribution in [3.8, 4) is 0 Å². The third-order valence-electron chi connectivity index (χ3n) is 3.55. The quantitative estimate of drug-likeness (QED) is 0.470. The van der Waals surface area contributed by atoms with E-state index in [1.807, 2.05) is 0 Å². The number of thioether (sulfide) groups is 1. The minimum atomic E-state index is -0.515.